The summed E-state index contributed by atoms with van der Waals surface area (Å²) in [4.78, 5) is 0. The molecule has 0 unspecified atom stereocenters. The van der Waals surface area contributed by atoms with Crippen molar-refractivity contribution in [3.63, 3.8) is 0 Å². The maximum atomic E-state index is 5.54. The van der Waals surface area contributed by atoms with Crippen molar-refractivity contribution < 1.29 is 0 Å². The first-order chi connectivity index (χ1) is 7.34. The Kier molecular flexibility index (Phi) is 2.85. The molecule has 1 aliphatic rings. The van der Waals surface area contributed by atoms with Gasteiger partial charge in [-0.2, -0.15) is 5.43 Å². The molecular formula is C10H13N5. The largest absolute Gasteiger partial charge is 0.382 e. The summed E-state index contributed by atoms with van der Waals surface area (Å²) in [5.74, 6) is 0.467. The fourth-order valence-electron chi connectivity index (χ4n) is 1.21. The number of nitrogens with zero attached hydrogens (tertiary/aromatic N) is 2. The Morgan fingerprint density at radius 3 is 2.87 bits per heavy atom. The zero-order valence-corrected chi connectivity index (χ0v) is 8.22. The third-order valence-electron chi connectivity index (χ3n) is 1.94. The molecule has 0 spiro atoms. The van der Waals surface area contributed by atoms with Crippen LogP contribution in [0.2, 0.25) is 0 Å². The third kappa shape index (κ3) is 2.72. The molecule has 0 amide bonds. The second-order valence-electron chi connectivity index (χ2n) is 3.12. The first-order valence-electron chi connectivity index (χ1n) is 4.69. The highest BCUT2D eigenvalue weighted by molar-refractivity contribution is 5.91. The van der Waals surface area contributed by atoms with Gasteiger partial charge in [-0.05, 0) is 11.6 Å². The summed E-state index contributed by atoms with van der Waals surface area (Å²) in [6.07, 6.45) is 3.42. The number of hydrogen-bond donors (Lipinski definition) is 3. The number of nitrogens with two attached hydrogens (primary N) is 1. The minimum absolute atomic E-state index is 0.467. The van der Waals surface area contributed by atoms with Gasteiger partial charge in [-0.15, -0.1) is 10.3 Å². The van der Waals surface area contributed by atoms with Crippen LogP contribution in [-0.4, -0.2) is 11.1 Å². The quantitative estimate of drug-likeness (QED) is 0.661. The summed E-state index contributed by atoms with van der Waals surface area (Å²) in [5, 5.41) is 5.50. The molecule has 0 atom stereocenters. The molecule has 1 aromatic rings. The fourth-order valence-corrected chi connectivity index (χ4v) is 1.21. The van der Waals surface area contributed by atoms with Crippen LogP contribution in [0.1, 0.15) is 5.56 Å². The lowest BCUT2D eigenvalue weighted by atomic mass is 10.2. The third-order valence-corrected chi connectivity index (χ3v) is 1.94. The van der Waals surface area contributed by atoms with Crippen LogP contribution < -0.4 is 16.6 Å². The van der Waals surface area contributed by atoms with E-state index in [0.717, 1.165) is 0 Å². The molecule has 0 radical (unpaired) electrons. The molecule has 15 heavy (non-hydrogen) atoms. The van der Waals surface area contributed by atoms with Crippen molar-refractivity contribution in [3.05, 3.63) is 48.2 Å². The molecule has 1 heterocycles. The van der Waals surface area contributed by atoms with Crippen molar-refractivity contribution >= 4 is 5.84 Å². The Bertz CT molecular complexity index is 371. The van der Waals surface area contributed by atoms with Crippen LogP contribution >= 0.6 is 0 Å². The van der Waals surface area contributed by atoms with Gasteiger partial charge in [0.1, 0.15) is 5.84 Å². The van der Waals surface area contributed by atoms with Crippen molar-refractivity contribution in [1.29, 1.82) is 0 Å². The van der Waals surface area contributed by atoms with Crippen LogP contribution in [0.4, 0.5) is 0 Å². The van der Waals surface area contributed by atoms with Crippen molar-refractivity contribution in [2.24, 2.45) is 10.8 Å². The van der Waals surface area contributed by atoms with Gasteiger partial charge in [0.25, 0.3) is 0 Å². The van der Waals surface area contributed by atoms with Crippen LogP contribution in [-0.2, 0) is 6.54 Å². The first kappa shape index (κ1) is 9.54. The van der Waals surface area contributed by atoms with E-state index in [4.69, 9.17) is 5.73 Å². The van der Waals surface area contributed by atoms with Crippen LogP contribution in [0, 0.1) is 0 Å². The summed E-state index contributed by atoms with van der Waals surface area (Å²) in [7, 11) is 0. The van der Waals surface area contributed by atoms with Crippen LogP contribution in [0.3, 0.4) is 0 Å². The van der Waals surface area contributed by atoms with Gasteiger partial charge in [0.15, 0.2) is 0 Å². The molecule has 0 aliphatic carbocycles. The Morgan fingerprint density at radius 2 is 2.13 bits per heavy atom. The van der Waals surface area contributed by atoms with Crippen LogP contribution in [0.25, 0.3) is 0 Å². The number of hydrazone groups is 1. The van der Waals surface area contributed by atoms with Crippen LogP contribution in [0.5, 0.6) is 0 Å². The van der Waals surface area contributed by atoms with Gasteiger partial charge >= 0.3 is 0 Å². The van der Waals surface area contributed by atoms with Gasteiger partial charge in [-0.3, -0.25) is 5.43 Å². The zero-order valence-electron chi connectivity index (χ0n) is 8.22. The van der Waals surface area contributed by atoms with E-state index in [2.05, 4.69) is 16.0 Å². The molecule has 4 N–H and O–H groups in total. The summed E-state index contributed by atoms with van der Waals surface area (Å²) >= 11 is 0. The first-order valence-corrected chi connectivity index (χ1v) is 4.69. The lowest BCUT2D eigenvalue weighted by Crippen LogP contribution is -2.44. The van der Waals surface area contributed by atoms with Gasteiger partial charge in [0, 0.05) is 12.7 Å². The van der Waals surface area contributed by atoms with Crippen molar-refractivity contribution in [1.82, 2.24) is 16.1 Å². The maximum absolute atomic E-state index is 5.54. The Balaban J connectivity index is 1.87. The van der Waals surface area contributed by atoms with E-state index in [1.165, 1.54) is 10.8 Å². The Labute approximate surface area is 88.2 Å². The van der Waals surface area contributed by atoms with Crippen molar-refractivity contribution in [2.45, 2.75) is 6.54 Å². The van der Waals surface area contributed by atoms with Crippen LogP contribution in [0.15, 0.2) is 47.7 Å². The second-order valence-corrected chi connectivity index (χ2v) is 3.12. The standard InChI is InChI=1S/C10H13N5/c11-10-6-7-12-15(14-10)13-8-9-4-2-1-3-5-9/h1-7,12-13H,8H2,(H2,11,14). The number of amidine groups is 1. The number of hydrazine groups is 2. The van der Waals surface area contributed by atoms with Gasteiger partial charge < -0.3 is 5.73 Å². The second kappa shape index (κ2) is 4.47. The van der Waals surface area contributed by atoms with Crippen molar-refractivity contribution in [2.75, 3.05) is 0 Å². The number of rotatable bonds is 3. The topological polar surface area (TPSA) is 65.7 Å². The average Bonchev–Trinajstić information content (AvgIpc) is 2.28. The molecule has 0 bridgehead atoms. The molecule has 0 saturated heterocycles. The molecule has 78 valence electrons. The van der Waals surface area contributed by atoms with Gasteiger partial charge in [0.05, 0.1) is 0 Å². The zero-order chi connectivity index (χ0) is 10.5. The summed E-state index contributed by atoms with van der Waals surface area (Å²) in [6.45, 7) is 0.693. The van der Waals surface area contributed by atoms with Gasteiger partial charge in [-0.25, -0.2) is 0 Å². The maximum Gasteiger partial charge on any atom is 0.148 e. The predicted molar refractivity (Wildman–Crippen MR) is 59.0 cm³/mol. The highest BCUT2D eigenvalue weighted by atomic mass is 15.9. The molecule has 5 nitrogen and oxygen atoms in total. The van der Waals surface area contributed by atoms with E-state index in [1.54, 1.807) is 12.3 Å². The number of nitrogens with one attached hydrogen (secondary N) is 2. The average molecular weight is 203 g/mol. The molecule has 0 aromatic heterocycles. The lowest BCUT2D eigenvalue weighted by molar-refractivity contribution is 0.140. The Hall–Kier alpha value is -2.01. The number of hydrogen-bond acceptors (Lipinski definition) is 5. The van der Waals surface area contributed by atoms with E-state index >= 15 is 0 Å². The van der Waals surface area contributed by atoms with Gasteiger partial charge in [0.2, 0.25) is 0 Å². The van der Waals surface area contributed by atoms with E-state index in [1.807, 2.05) is 30.3 Å². The Morgan fingerprint density at radius 1 is 1.33 bits per heavy atom. The van der Waals surface area contributed by atoms with E-state index < -0.39 is 0 Å². The smallest absolute Gasteiger partial charge is 0.148 e. The lowest BCUT2D eigenvalue weighted by Gasteiger charge is -2.21. The number of benzene rings is 1. The molecular weight excluding hydrogens is 190 g/mol. The minimum Gasteiger partial charge on any atom is -0.382 e. The summed E-state index contributed by atoms with van der Waals surface area (Å²) in [6, 6.07) is 10.1. The molecule has 1 aromatic carbocycles. The van der Waals surface area contributed by atoms with E-state index in [-0.39, 0.29) is 0 Å². The highest BCUT2D eigenvalue weighted by Crippen LogP contribution is 1.98. The van der Waals surface area contributed by atoms with E-state index in [0.29, 0.717) is 12.4 Å². The van der Waals surface area contributed by atoms with Gasteiger partial charge in [-0.1, -0.05) is 30.3 Å². The molecule has 2 rings (SSSR count). The summed E-state index contributed by atoms with van der Waals surface area (Å²) in [5.41, 5.74) is 12.7. The molecule has 0 saturated carbocycles. The fraction of sp³-hybridized carbons (Fsp3) is 0.100. The predicted octanol–water partition coefficient (Wildman–Crippen LogP) is 0.297. The van der Waals surface area contributed by atoms with E-state index in [9.17, 15) is 0 Å². The molecule has 1 aliphatic heterocycles. The monoisotopic (exact) mass is 203 g/mol. The molecule has 0 fully saturated rings. The normalized spacial score (nSPS) is 14.7. The highest BCUT2D eigenvalue weighted by Gasteiger charge is 2.02. The van der Waals surface area contributed by atoms with Crippen molar-refractivity contribution in [3.8, 4) is 0 Å². The summed E-state index contributed by atoms with van der Waals surface area (Å²) < 4.78 is 0. The molecule has 5 heteroatoms. The SMILES string of the molecule is NC1=NN(NCc2ccccc2)NC=C1. The minimum atomic E-state index is 0.467.